The second-order valence-electron chi connectivity index (χ2n) is 6.71. The van der Waals surface area contributed by atoms with Crippen LogP contribution in [0.15, 0.2) is 71.9 Å². The third-order valence-electron chi connectivity index (χ3n) is 5.21. The molecule has 0 saturated heterocycles. The molecule has 24 heavy (non-hydrogen) atoms. The Balaban J connectivity index is 1.77. The van der Waals surface area contributed by atoms with Gasteiger partial charge in [0.15, 0.2) is 0 Å². The molecule has 1 aliphatic heterocycles. The molecule has 1 amide bonds. The molecule has 122 valence electrons. The second-order valence-corrected chi connectivity index (χ2v) is 6.71. The number of fused-ring (bicyclic) bond motifs is 1. The van der Waals surface area contributed by atoms with Crippen molar-refractivity contribution in [1.82, 2.24) is 5.32 Å². The number of phenols is 1. The van der Waals surface area contributed by atoms with Crippen molar-refractivity contribution in [3.05, 3.63) is 77.4 Å². The van der Waals surface area contributed by atoms with E-state index in [1.54, 1.807) is 6.07 Å². The average Bonchev–Trinajstić information content (AvgIpc) is 2.71. The fourth-order valence-electron chi connectivity index (χ4n) is 4.10. The maximum absolute atomic E-state index is 12.6. The highest BCUT2D eigenvalue weighted by molar-refractivity contribution is 5.98. The van der Waals surface area contributed by atoms with Gasteiger partial charge in [-0.1, -0.05) is 54.2 Å². The molecule has 0 spiro atoms. The molecule has 3 atom stereocenters. The van der Waals surface area contributed by atoms with E-state index >= 15 is 0 Å². The van der Waals surface area contributed by atoms with Gasteiger partial charge in [-0.3, -0.25) is 4.79 Å². The molecule has 1 heterocycles. The van der Waals surface area contributed by atoms with Gasteiger partial charge in [0.25, 0.3) is 5.91 Å². The van der Waals surface area contributed by atoms with E-state index < -0.39 is 0 Å². The largest absolute Gasteiger partial charge is 0.508 e. The van der Waals surface area contributed by atoms with Gasteiger partial charge in [-0.05, 0) is 42.9 Å². The molecule has 3 nitrogen and oxygen atoms in total. The number of hydrogen-bond acceptors (Lipinski definition) is 2. The number of nitrogens with one attached hydrogen (secondary N) is 1. The van der Waals surface area contributed by atoms with Crippen LogP contribution in [0.5, 0.6) is 5.75 Å². The van der Waals surface area contributed by atoms with Gasteiger partial charge in [-0.2, -0.15) is 0 Å². The molecule has 3 heteroatoms. The van der Waals surface area contributed by atoms with E-state index in [0.717, 1.165) is 30.4 Å². The number of aromatic hydroxyl groups is 1. The number of benzene rings is 1. The Morgan fingerprint density at radius 3 is 2.96 bits per heavy atom. The minimum atomic E-state index is 0.0313. The van der Waals surface area contributed by atoms with Crippen LogP contribution in [0.1, 0.15) is 18.4 Å². The lowest BCUT2D eigenvalue weighted by atomic mass is 9.73. The van der Waals surface area contributed by atoms with Gasteiger partial charge < -0.3 is 10.4 Å². The molecule has 4 rings (SSSR count). The van der Waals surface area contributed by atoms with Gasteiger partial charge in [-0.15, -0.1) is 0 Å². The van der Waals surface area contributed by atoms with Crippen molar-refractivity contribution < 1.29 is 9.90 Å². The lowest BCUT2D eigenvalue weighted by Crippen LogP contribution is -2.40. The van der Waals surface area contributed by atoms with Crippen LogP contribution in [0.2, 0.25) is 0 Å². The van der Waals surface area contributed by atoms with Gasteiger partial charge in [0.05, 0.1) is 6.04 Å². The number of allylic oxidation sites excluding steroid dienone is 4. The van der Waals surface area contributed by atoms with Crippen molar-refractivity contribution in [2.45, 2.75) is 25.3 Å². The topological polar surface area (TPSA) is 49.3 Å². The Kier molecular flexibility index (Phi) is 3.85. The van der Waals surface area contributed by atoms with Crippen LogP contribution in [0.4, 0.5) is 0 Å². The van der Waals surface area contributed by atoms with Crippen LogP contribution in [0, 0.1) is 11.8 Å². The van der Waals surface area contributed by atoms with Gasteiger partial charge >= 0.3 is 0 Å². The first-order valence-electron chi connectivity index (χ1n) is 8.56. The predicted molar refractivity (Wildman–Crippen MR) is 94.4 cm³/mol. The summed E-state index contributed by atoms with van der Waals surface area (Å²) in [6, 6.07) is 7.49. The van der Waals surface area contributed by atoms with Gasteiger partial charge in [-0.25, -0.2) is 0 Å². The Morgan fingerprint density at radius 1 is 1.21 bits per heavy atom. The Hall–Kier alpha value is -2.55. The quantitative estimate of drug-likeness (QED) is 0.877. The summed E-state index contributed by atoms with van der Waals surface area (Å²) in [6.45, 7) is 0. The van der Waals surface area contributed by atoms with E-state index in [2.05, 4.69) is 35.7 Å². The fraction of sp³-hybridized carbons (Fsp3) is 0.286. The standard InChI is InChI=1S/C21H21NO2/c23-15-7-5-6-14(12-15)13-19-16-8-1-2-10-18(16)21(24)22-20-11-4-3-9-17(19)20/h2-7,9-12,17,19-20,23H,1,8,13H2,(H,22,24). The Morgan fingerprint density at radius 2 is 2.08 bits per heavy atom. The highest BCUT2D eigenvalue weighted by Crippen LogP contribution is 2.39. The molecule has 3 aliphatic rings. The zero-order chi connectivity index (χ0) is 16.5. The maximum atomic E-state index is 12.6. The van der Waals surface area contributed by atoms with E-state index in [4.69, 9.17) is 0 Å². The van der Waals surface area contributed by atoms with Crippen molar-refractivity contribution >= 4 is 5.91 Å². The highest BCUT2D eigenvalue weighted by Gasteiger charge is 2.36. The summed E-state index contributed by atoms with van der Waals surface area (Å²) in [5, 5.41) is 13.0. The Labute approximate surface area is 142 Å². The lowest BCUT2D eigenvalue weighted by Gasteiger charge is -2.32. The van der Waals surface area contributed by atoms with Gasteiger partial charge in [0.2, 0.25) is 0 Å². The number of carbonyl (C=O) groups excluding carboxylic acids is 1. The maximum Gasteiger partial charge on any atom is 0.251 e. The second kappa shape index (κ2) is 6.16. The summed E-state index contributed by atoms with van der Waals surface area (Å²) in [5.41, 5.74) is 3.20. The normalized spacial score (nSPS) is 28.2. The molecule has 1 aromatic carbocycles. The third-order valence-corrected chi connectivity index (χ3v) is 5.21. The first-order chi connectivity index (χ1) is 11.7. The molecule has 0 fully saturated rings. The number of amides is 1. The van der Waals surface area contributed by atoms with E-state index in [9.17, 15) is 9.90 Å². The summed E-state index contributed by atoms with van der Waals surface area (Å²) < 4.78 is 0. The zero-order valence-electron chi connectivity index (χ0n) is 13.5. The average molecular weight is 319 g/mol. The molecule has 0 aromatic heterocycles. The predicted octanol–water partition coefficient (Wildman–Crippen LogP) is 3.44. The summed E-state index contributed by atoms with van der Waals surface area (Å²) in [5.74, 6) is 0.843. The molecule has 3 unspecified atom stereocenters. The molecule has 0 saturated carbocycles. The smallest absolute Gasteiger partial charge is 0.251 e. The Bertz CT molecular complexity index is 785. The van der Waals surface area contributed by atoms with Crippen molar-refractivity contribution in [3.8, 4) is 5.75 Å². The van der Waals surface area contributed by atoms with Crippen LogP contribution in [-0.2, 0) is 11.2 Å². The lowest BCUT2D eigenvalue weighted by molar-refractivity contribution is -0.117. The zero-order valence-corrected chi connectivity index (χ0v) is 13.5. The van der Waals surface area contributed by atoms with E-state index in [0.29, 0.717) is 5.75 Å². The van der Waals surface area contributed by atoms with Crippen molar-refractivity contribution in [2.75, 3.05) is 0 Å². The summed E-state index contributed by atoms with van der Waals surface area (Å²) in [6.07, 6.45) is 15.2. The number of rotatable bonds is 2. The number of phenolic OH excluding ortho intramolecular Hbond substituents is 1. The summed E-state index contributed by atoms with van der Waals surface area (Å²) >= 11 is 0. The van der Waals surface area contributed by atoms with Crippen LogP contribution in [-0.4, -0.2) is 17.1 Å². The van der Waals surface area contributed by atoms with Crippen molar-refractivity contribution in [3.63, 3.8) is 0 Å². The minimum Gasteiger partial charge on any atom is -0.508 e. The molecule has 0 bridgehead atoms. The molecule has 2 aliphatic carbocycles. The molecular weight excluding hydrogens is 298 g/mol. The number of hydrogen-bond donors (Lipinski definition) is 2. The van der Waals surface area contributed by atoms with Crippen LogP contribution >= 0.6 is 0 Å². The van der Waals surface area contributed by atoms with E-state index in [-0.39, 0.29) is 23.8 Å². The number of carbonyl (C=O) groups is 1. The molecular formula is C21H21NO2. The van der Waals surface area contributed by atoms with Crippen molar-refractivity contribution in [1.29, 1.82) is 0 Å². The minimum absolute atomic E-state index is 0.0313. The van der Waals surface area contributed by atoms with Crippen LogP contribution in [0.25, 0.3) is 0 Å². The van der Waals surface area contributed by atoms with Crippen LogP contribution in [0.3, 0.4) is 0 Å². The summed E-state index contributed by atoms with van der Waals surface area (Å²) in [7, 11) is 0. The van der Waals surface area contributed by atoms with E-state index in [1.165, 1.54) is 5.57 Å². The van der Waals surface area contributed by atoms with Gasteiger partial charge in [0, 0.05) is 11.5 Å². The molecule has 0 radical (unpaired) electrons. The molecule has 1 aromatic rings. The monoisotopic (exact) mass is 319 g/mol. The first kappa shape index (κ1) is 15.0. The van der Waals surface area contributed by atoms with Gasteiger partial charge in [0.1, 0.15) is 5.75 Å². The molecule has 2 N–H and O–H groups in total. The van der Waals surface area contributed by atoms with Crippen molar-refractivity contribution in [2.24, 2.45) is 11.8 Å². The third kappa shape index (κ3) is 2.71. The summed E-state index contributed by atoms with van der Waals surface area (Å²) in [4.78, 5) is 12.6. The van der Waals surface area contributed by atoms with E-state index in [1.807, 2.05) is 24.3 Å². The first-order valence-corrected chi connectivity index (χ1v) is 8.56. The fourth-order valence-corrected chi connectivity index (χ4v) is 4.10. The van der Waals surface area contributed by atoms with Crippen LogP contribution < -0.4 is 5.32 Å². The highest BCUT2D eigenvalue weighted by atomic mass is 16.3. The SMILES string of the molecule is O=C1NC2C=CC=CC2C(Cc2cccc(O)c2)C2=C1C=CCC2.